The van der Waals surface area contributed by atoms with Crippen LogP contribution in [0.5, 0.6) is 5.75 Å². The third kappa shape index (κ3) is 3.66. The number of halogens is 1. The lowest BCUT2D eigenvalue weighted by atomic mass is 10.1. The number of hydrogen-bond acceptors (Lipinski definition) is 4. The van der Waals surface area contributed by atoms with Crippen molar-refractivity contribution in [3.05, 3.63) is 65.5 Å². The number of rotatable bonds is 5. The van der Waals surface area contributed by atoms with Crippen LogP contribution in [0.25, 0.3) is 0 Å². The van der Waals surface area contributed by atoms with E-state index in [1.165, 1.54) is 31.4 Å². The van der Waals surface area contributed by atoms with Crippen LogP contribution in [0.1, 0.15) is 20.7 Å². The molecular formula is C16H13FO4. The van der Waals surface area contributed by atoms with Crippen molar-refractivity contribution >= 4 is 11.8 Å². The molecule has 0 fully saturated rings. The normalized spacial score (nSPS) is 10.0. The topological polar surface area (TPSA) is 52.6 Å². The zero-order valence-corrected chi connectivity index (χ0v) is 11.3. The van der Waals surface area contributed by atoms with Crippen LogP contribution >= 0.6 is 0 Å². The number of carbonyl (C=O) groups excluding carboxylic acids is 2. The Morgan fingerprint density at radius 1 is 1.10 bits per heavy atom. The first-order chi connectivity index (χ1) is 10.1. The highest BCUT2D eigenvalue weighted by molar-refractivity contribution is 5.99. The van der Waals surface area contributed by atoms with Gasteiger partial charge in [-0.05, 0) is 30.3 Å². The van der Waals surface area contributed by atoms with Crippen molar-refractivity contribution in [1.29, 1.82) is 0 Å². The number of hydrogen-bond donors (Lipinski definition) is 0. The van der Waals surface area contributed by atoms with Crippen molar-refractivity contribution in [2.75, 3.05) is 13.7 Å². The molecule has 0 aliphatic rings. The van der Waals surface area contributed by atoms with Gasteiger partial charge >= 0.3 is 5.97 Å². The number of carbonyl (C=O) groups is 2. The molecule has 0 aliphatic carbocycles. The van der Waals surface area contributed by atoms with Crippen LogP contribution in [0, 0.1) is 5.82 Å². The lowest BCUT2D eigenvalue weighted by molar-refractivity contribution is 0.0473. The standard InChI is InChI=1S/C16H13FO4/c1-20-12-6-4-5-11(9-12)16(19)21-10-15(18)13-7-2-3-8-14(13)17/h2-9H,10H2,1H3. The van der Waals surface area contributed by atoms with Gasteiger partial charge in [-0.3, -0.25) is 4.79 Å². The largest absolute Gasteiger partial charge is 0.497 e. The van der Waals surface area contributed by atoms with Crippen LogP contribution in [0.15, 0.2) is 48.5 Å². The molecule has 0 spiro atoms. The smallest absolute Gasteiger partial charge is 0.338 e. The van der Waals surface area contributed by atoms with E-state index < -0.39 is 24.2 Å². The van der Waals surface area contributed by atoms with E-state index in [1.54, 1.807) is 24.3 Å². The minimum absolute atomic E-state index is 0.101. The van der Waals surface area contributed by atoms with E-state index in [2.05, 4.69) is 0 Å². The van der Waals surface area contributed by atoms with Crippen LogP contribution < -0.4 is 4.74 Å². The van der Waals surface area contributed by atoms with Crippen molar-refractivity contribution in [3.8, 4) is 5.75 Å². The second-order valence-electron chi connectivity index (χ2n) is 4.21. The van der Waals surface area contributed by atoms with E-state index in [0.29, 0.717) is 5.75 Å². The summed E-state index contributed by atoms with van der Waals surface area (Å²) in [7, 11) is 1.48. The van der Waals surface area contributed by atoms with E-state index in [9.17, 15) is 14.0 Å². The van der Waals surface area contributed by atoms with Crippen molar-refractivity contribution in [1.82, 2.24) is 0 Å². The lowest BCUT2D eigenvalue weighted by Gasteiger charge is -2.06. The number of esters is 1. The summed E-state index contributed by atoms with van der Waals surface area (Å²) in [5.41, 5.74) is 0.159. The minimum Gasteiger partial charge on any atom is -0.497 e. The lowest BCUT2D eigenvalue weighted by Crippen LogP contribution is -2.15. The zero-order valence-electron chi connectivity index (χ0n) is 11.3. The molecule has 0 saturated carbocycles. The summed E-state index contributed by atoms with van der Waals surface area (Å²) in [6.07, 6.45) is 0. The predicted molar refractivity (Wildman–Crippen MR) is 74.0 cm³/mol. The average Bonchev–Trinajstić information content (AvgIpc) is 2.52. The third-order valence-electron chi connectivity index (χ3n) is 2.81. The van der Waals surface area contributed by atoms with Crippen LogP contribution in [-0.2, 0) is 4.74 Å². The number of ketones is 1. The van der Waals surface area contributed by atoms with E-state index in [4.69, 9.17) is 9.47 Å². The quantitative estimate of drug-likeness (QED) is 0.627. The molecule has 0 amide bonds. The Hall–Kier alpha value is -2.69. The van der Waals surface area contributed by atoms with E-state index in [0.717, 1.165) is 0 Å². The molecule has 5 heteroatoms. The second kappa shape index (κ2) is 6.65. The molecule has 0 aliphatic heterocycles. The molecule has 0 heterocycles. The summed E-state index contributed by atoms with van der Waals surface area (Å²) in [4.78, 5) is 23.6. The summed E-state index contributed by atoms with van der Waals surface area (Å²) in [6.45, 7) is -0.517. The highest BCUT2D eigenvalue weighted by Gasteiger charge is 2.14. The molecule has 21 heavy (non-hydrogen) atoms. The SMILES string of the molecule is COc1cccc(C(=O)OCC(=O)c2ccccc2F)c1. The Bertz CT molecular complexity index is 667. The molecule has 0 radical (unpaired) electrons. The van der Waals surface area contributed by atoms with Gasteiger partial charge in [0.05, 0.1) is 18.2 Å². The van der Waals surface area contributed by atoms with E-state index in [1.807, 2.05) is 0 Å². The molecule has 0 saturated heterocycles. The van der Waals surface area contributed by atoms with Crippen molar-refractivity contribution in [3.63, 3.8) is 0 Å². The molecule has 2 aromatic rings. The van der Waals surface area contributed by atoms with Crippen molar-refractivity contribution < 1.29 is 23.5 Å². The maximum absolute atomic E-state index is 13.4. The number of ether oxygens (including phenoxy) is 2. The number of methoxy groups -OCH3 is 1. The fraction of sp³-hybridized carbons (Fsp3) is 0.125. The summed E-state index contributed by atoms with van der Waals surface area (Å²) in [5, 5.41) is 0. The van der Waals surface area contributed by atoms with Gasteiger partial charge in [0.2, 0.25) is 5.78 Å². The fourth-order valence-corrected chi connectivity index (χ4v) is 1.73. The summed E-state index contributed by atoms with van der Waals surface area (Å²) in [5.74, 6) is -1.40. The van der Waals surface area contributed by atoms with Gasteiger partial charge in [-0.2, -0.15) is 0 Å². The molecule has 0 bridgehead atoms. The van der Waals surface area contributed by atoms with Gasteiger partial charge in [0.25, 0.3) is 0 Å². The van der Waals surface area contributed by atoms with Crippen molar-refractivity contribution in [2.45, 2.75) is 0 Å². The molecule has 0 atom stereocenters. The van der Waals surface area contributed by atoms with Crippen molar-refractivity contribution in [2.24, 2.45) is 0 Å². The van der Waals surface area contributed by atoms with Gasteiger partial charge < -0.3 is 9.47 Å². The average molecular weight is 288 g/mol. The maximum atomic E-state index is 13.4. The summed E-state index contributed by atoms with van der Waals surface area (Å²) < 4.78 is 23.3. The van der Waals surface area contributed by atoms with E-state index in [-0.39, 0.29) is 11.1 Å². The molecule has 0 N–H and O–H groups in total. The molecule has 0 unspecified atom stereocenters. The number of benzene rings is 2. The van der Waals surface area contributed by atoms with Crippen LogP contribution in [0.3, 0.4) is 0 Å². The minimum atomic E-state index is -0.668. The highest BCUT2D eigenvalue weighted by Crippen LogP contribution is 2.14. The van der Waals surface area contributed by atoms with E-state index >= 15 is 0 Å². The third-order valence-corrected chi connectivity index (χ3v) is 2.81. The first-order valence-electron chi connectivity index (χ1n) is 6.20. The van der Waals surface area contributed by atoms with Crippen LogP contribution in [0.2, 0.25) is 0 Å². The Kier molecular flexibility index (Phi) is 4.66. The molecule has 0 aromatic heterocycles. The van der Waals surface area contributed by atoms with Gasteiger partial charge in [0.1, 0.15) is 11.6 Å². The Balaban J connectivity index is 2.01. The predicted octanol–water partition coefficient (Wildman–Crippen LogP) is 2.87. The first-order valence-corrected chi connectivity index (χ1v) is 6.20. The van der Waals surface area contributed by atoms with Gasteiger partial charge in [-0.25, -0.2) is 9.18 Å². The monoisotopic (exact) mass is 288 g/mol. The number of Topliss-reactive ketones (excluding diaryl/α,β-unsaturated/α-hetero) is 1. The molecule has 4 nitrogen and oxygen atoms in total. The summed E-state index contributed by atoms with van der Waals surface area (Å²) >= 11 is 0. The fourth-order valence-electron chi connectivity index (χ4n) is 1.73. The highest BCUT2D eigenvalue weighted by atomic mass is 19.1. The summed E-state index contributed by atoms with van der Waals surface area (Å²) in [6, 6.07) is 11.9. The van der Waals surface area contributed by atoms with Crippen LogP contribution in [-0.4, -0.2) is 25.5 Å². The van der Waals surface area contributed by atoms with Gasteiger partial charge in [-0.1, -0.05) is 18.2 Å². The Morgan fingerprint density at radius 3 is 2.57 bits per heavy atom. The van der Waals surface area contributed by atoms with Gasteiger partial charge in [0, 0.05) is 0 Å². The van der Waals surface area contributed by atoms with Gasteiger partial charge in [-0.15, -0.1) is 0 Å². The molecule has 2 rings (SSSR count). The zero-order chi connectivity index (χ0) is 15.2. The first kappa shape index (κ1) is 14.7. The van der Waals surface area contributed by atoms with Gasteiger partial charge in [0.15, 0.2) is 6.61 Å². The Labute approximate surface area is 121 Å². The molecule has 108 valence electrons. The second-order valence-corrected chi connectivity index (χ2v) is 4.21. The Morgan fingerprint density at radius 2 is 1.86 bits per heavy atom. The van der Waals surface area contributed by atoms with Crippen LogP contribution in [0.4, 0.5) is 4.39 Å². The maximum Gasteiger partial charge on any atom is 0.338 e. The molecule has 2 aromatic carbocycles. The molecular weight excluding hydrogens is 275 g/mol.